The molecule has 2 atom stereocenters. The number of hydrogen-bond acceptors (Lipinski definition) is 4. The van der Waals surface area contributed by atoms with Crippen LogP contribution in [0.15, 0.2) is 30.3 Å². The Morgan fingerprint density at radius 1 is 1.30 bits per heavy atom. The van der Waals surface area contributed by atoms with Gasteiger partial charge in [-0.05, 0) is 12.0 Å². The molecule has 2 aliphatic rings. The largest absolute Gasteiger partial charge is 0.378 e. The Morgan fingerprint density at radius 3 is 2.80 bits per heavy atom. The Hall–Kier alpha value is -1.92. The minimum atomic E-state index is -1.09. The van der Waals surface area contributed by atoms with Crippen molar-refractivity contribution in [1.82, 2.24) is 10.6 Å². The van der Waals surface area contributed by atoms with Crippen LogP contribution in [0.1, 0.15) is 12.0 Å². The van der Waals surface area contributed by atoms with Crippen LogP contribution in [-0.4, -0.2) is 36.8 Å². The molecule has 20 heavy (non-hydrogen) atoms. The molecule has 0 aromatic heterocycles. The zero-order valence-electron chi connectivity index (χ0n) is 10.9. The van der Waals surface area contributed by atoms with Crippen molar-refractivity contribution in [2.45, 2.75) is 24.7 Å². The molecule has 1 spiro atoms. The van der Waals surface area contributed by atoms with Crippen LogP contribution in [-0.2, 0) is 20.9 Å². The number of hydrogen-bond donors (Lipinski definition) is 2. The van der Waals surface area contributed by atoms with Crippen molar-refractivity contribution in [1.29, 1.82) is 0 Å². The standard InChI is InChI=1S/C14H16N2O4/c17-12-14(16-13(18)15-12)9-19-7-6-11(14)20-8-10-4-2-1-3-5-10/h1-5,11H,6-9H2,(H2,15,16,17,18). The molecule has 2 N–H and O–H groups in total. The number of urea groups is 1. The molecular weight excluding hydrogens is 260 g/mol. The fraction of sp³-hybridized carbons (Fsp3) is 0.429. The molecule has 0 aliphatic carbocycles. The van der Waals surface area contributed by atoms with Crippen molar-refractivity contribution < 1.29 is 19.1 Å². The molecule has 3 rings (SSSR count). The Labute approximate surface area is 116 Å². The summed E-state index contributed by atoms with van der Waals surface area (Å²) in [5.74, 6) is -0.375. The van der Waals surface area contributed by atoms with Crippen molar-refractivity contribution in [3.8, 4) is 0 Å². The number of nitrogens with one attached hydrogen (secondary N) is 2. The molecule has 3 amide bonds. The maximum atomic E-state index is 12.0. The number of carbonyl (C=O) groups is 2. The molecule has 0 saturated carbocycles. The van der Waals surface area contributed by atoms with Gasteiger partial charge in [-0.1, -0.05) is 30.3 Å². The van der Waals surface area contributed by atoms with Gasteiger partial charge in [-0.2, -0.15) is 0 Å². The Balaban J connectivity index is 1.73. The summed E-state index contributed by atoms with van der Waals surface area (Å²) in [6.45, 7) is 1.06. The molecule has 1 aromatic rings. The van der Waals surface area contributed by atoms with Crippen LogP contribution in [0.3, 0.4) is 0 Å². The van der Waals surface area contributed by atoms with Gasteiger partial charge in [-0.3, -0.25) is 10.1 Å². The quantitative estimate of drug-likeness (QED) is 0.791. The van der Waals surface area contributed by atoms with Gasteiger partial charge in [0.2, 0.25) is 0 Å². The number of carbonyl (C=O) groups excluding carboxylic acids is 2. The van der Waals surface area contributed by atoms with Gasteiger partial charge >= 0.3 is 6.03 Å². The van der Waals surface area contributed by atoms with E-state index < -0.39 is 11.6 Å². The Bertz CT molecular complexity index is 519. The number of amides is 3. The first kappa shape index (κ1) is 13.1. The first-order chi connectivity index (χ1) is 9.71. The molecule has 6 nitrogen and oxygen atoms in total. The topological polar surface area (TPSA) is 76.7 Å². The van der Waals surface area contributed by atoms with Gasteiger partial charge in [0.25, 0.3) is 5.91 Å². The van der Waals surface area contributed by atoms with Crippen LogP contribution in [0.5, 0.6) is 0 Å². The van der Waals surface area contributed by atoms with Crippen molar-refractivity contribution in [3.05, 3.63) is 35.9 Å². The highest BCUT2D eigenvalue weighted by atomic mass is 16.5. The molecule has 0 bridgehead atoms. The molecule has 2 unspecified atom stereocenters. The summed E-state index contributed by atoms with van der Waals surface area (Å²) in [5.41, 5.74) is -0.0664. The summed E-state index contributed by atoms with van der Waals surface area (Å²) in [6, 6.07) is 9.22. The summed E-state index contributed by atoms with van der Waals surface area (Å²) in [6.07, 6.45) is 0.184. The second kappa shape index (κ2) is 5.22. The monoisotopic (exact) mass is 276 g/mol. The van der Waals surface area contributed by atoms with E-state index >= 15 is 0 Å². The fourth-order valence-electron chi connectivity index (χ4n) is 2.59. The molecule has 6 heteroatoms. The smallest absolute Gasteiger partial charge is 0.322 e. The van der Waals surface area contributed by atoms with Gasteiger partial charge in [0.05, 0.1) is 19.3 Å². The van der Waals surface area contributed by atoms with Gasteiger partial charge < -0.3 is 14.8 Å². The van der Waals surface area contributed by atoms with Gasteiger partial charge in [-0.15, -0.1) is 0 Å². The van der Waals surface area contributed by atoms with Crippen LogP contribution in [0.4, 0.5) is 4.79 Å². The van der Waals surface area contributed by atoms with Crippen LogP contribution in [0.25, 0.3) is 0 Å². The fourth-order valence-corrected chi connectivity index (χ4v) is 2.59. The van der Waals surface area contributed by atoms with E-state index in [1.807, 2.05) is 30.3 Å². The maximum Gasteiger partial charge on any atom is 0.322 e. The Kier molecular flexibility index (Phi) is 3.42. The van der Waals surface area contributed by atoms with E-state index in [1.54, 1.807) is 0 Å². The van der Waals surface area contributed by atoms with Gasteiger partial charge in [0.15, 0.2) is 5.54 Å². The molecule has 2 aliphatic heterocycles. The van der Waals surface area contributed by atoms with E-state index in [4.69, 9.17) is 9.47 Å². The highest BCUT2D eigenvalue weighted by molar-refractivity contribution is 6.07. The number of ether oxygens (including phenoxy) is 2. The summed E-state index contributed by atoms with van der Waals surface area (Å²) < 4.78 is 11.2. The molecular formula is C14H16N2O4. The third-order valence-corrected chi connectivity index (χ3v) is 3.67. The van der Waals surface area contributed by atoms with Crippen molar-refractivity contribution in [2.24, 2.45) is 0 Å². The predicted molar refractivity (Wildman–Crippen MR) is 69.9 cm³/mol. The maximum absolute atomic E-state index is 12.0. The van der Waals surface area contributed by atoms with Crippen LogP contribution >= 0.6 is 0 Å². The molecule has 2 heterocycles. The van der Waals surface area contributed by atoms with Gasteiger partial charge in [0.1, 0.15) is 0 Å². The highest BCUT2D eigenvalue weighted by Gasteiger charge is 2.54. The van der Waals surface area contributed by atoms with E-state index in [9.17, 15) is 9.59 Å². The second-order valence-corrected chi connectivity index (χ2v) is 5.01. The molecule has 106 valence electrons. The normalized spacial score (nSPS) is 29.3. The van der Waals surface area contributed by atoms with E-state index in [0.717, 1.165) is 5.56 Å². The average molecular weight is 276 g/mol. The summed E-state index contributed by atoms with van der Waals surface area (Å²) in [5, 5.41) is 4.91. The van der Waals surface area contributed by atoms with Crippen LogP contribution in [0.2, 0.25) is 0 Å². The first-order valence-electron chi connectivity index (χ1n) is 6.57. The summed E-state index contributed by atoms with van der Waals surface area (Å²) >= 11 is 0. The number of rotatable bonds is 3. The second-order valence-electron chi connectivity index (χ2n) is 5.01. The lowest BCUT2D eigenvalue weighted by atomic mass is 9.89. The van der Waals surface area contributed by atoms with E-state index in [0.29, 0.717) is 19.6 Å². The molecule has 0 radical (unpaired) electrons. The molecule has 1 aromatic carbocycles. The third-order valence-electron chi connectivity index (χ3n) is 3.67. The van der Waals surface area contributed by atoms with E-state index in [2.05, 4.69) is 10.6 Å². The van der Waals surface area contributed by atoms with Crippen molar-refractivity contribution >= 4 is 11.9 Å². The lowest BCUT2D eigenvalue weighted by Gasteiger charge is -2.37. The SMILES string of the molecule is O=C1NC(=O)C2(COCCC2OCc2ccccc2)N1. The average Bonchev–Trinajstić information content (AvgIpc) is 2.74. The van der Waals surface area contributed by atoms with Crippen LogP contribution < -0.4 is 10.6 Å². The van der Waals surface area contributed by atoms with Crippen molar-refractivity contribution in [3.63, 3.8) is 0 Å². The Morgan fingerprint density at radius 2 is 2.10 bits per heavy atom. The lowest BCUT2D eigenvalue weighted by Crippen LogP contribution is -2.62. The van der Waals surface area contributed by atoms with E-state index in [1.165, 1.54) is 0 Å². The lowest BCUT2D eigenvalue weighted by molar-refractivity contribution is -0.144. The van der Waals surface area contributed by atoms with Crippen LogP contribution in [0, 0.1) is 0 Å². The third kappa shape index (κ3) is 2.28. The predicted octanol–water partition coefficient (Wildman–Crippen LogP) is 0.570. The first-order valence-corrected chi connectivity index (χ1v) is 6.57. The van der Waals surface area contributed by atoms with Crippen molar-refractivity contribution in [2.75, 3.05) is 13.2 Å². The minimum Gasteiger partial charge on any atom is -0.378 e. The number of imide groups is 1. The zero-order valence-corrected chi connectivity index (χ0v) is 10.9. The highest BCUT2D eigenvalue weighted by Crippen LogP contribution is 2.26. The zero-order chi connectivity index (χ0) is 14.0. The van der Waals surface area contributed by atoms with Gasteiger partial charge in [-0.25, -0.2) is 4.79 Å². The number of benzene rings is 1. The summed E-state index contributed by atoms with van der Waals surface area (Å²) in [4.78, 5) is 23.4. The summed E-state index contributed by atoms with van der Waals surface area (Å²) in [7, 11) is 0. The minimum absolute atomic E-state index is 0.143. The van der Waals surface area contributed by atoms with E-state index in [-0.39, 0.29) is 18.6 Å². The van der Waals surface area contributed by atoms with Gasteiger partial charge in [0, 0.05) is 6.61 Å². The molecule has 2 saturated heterocycles. The molecule has 2 fully saturated rings.